The van der Waals surface area contributed by atoms with Crippen LogP contribution in [-0.4, -0.2) is 44.7 Å². The first-order chi connectivity index (χ1) is 14.8. The Hall–Kier alpha value is -1.80. The van der Waals surface area contributed by atoms with Crippen molar-refractivity contribution < 1.29 is 14.8 Å². The highest BCUT2D eigenvalue weighted by Gasteiger charge is 2.32. The van der Waals surface area contributed by atoms with Crippen molar-refractivity contribution in [3.8, 4) is 22.7 Å². The molecule has 0 saturated carbocycles. The van der Waals surface area contributed by atoms with Crippen LogP contribution in [0.25, 0.3) is 16.9 Å². The summed E-state index contributed by atoms with van der Waals surface area (Å²) >= 11 is 18.5. The summed E-state index contributed by atoms with van der Waals surface area (Å²) in [6.07, 6.45) is 2.17. The van der Waals surface area contributed by atoms with E-state index in [0.29, 0.717) is 36.6 Å². The van der Waals surface area contributed by atoms with Gasteiger partial charge in [0.15, 0.2) is 17.7 Å². The van der Waals surface area contributed by atoms with Crippen LogP contribution in [0, 0.1) is 0 Å². The van der Waals surface area contributed by atoms with Crippen molar-refractivity contribution in [3.63, 3.8) is 0 Å². The Morgan fingerprint density at radius 3 is 2.29 bits per heavy atom. The standard InChI is InChI=1S/C22H23Cl3N4O2/c1-29(11-3-2-4-12-29)27-22(31)19-21(30)20(14-5-7-15(23)8-6-14)28(26-19)18-10-9-16(24)13-17(18)25/h5-10,13,22,27,31H,2-4,11-12H2,1H3/p+1. The number of quaternary nitrogens is 1. The molecule has 0 bridgehead atoms. The smallest absolute Gasteiger partial charge is 0.198 e. The fraction of sp³-hybridized carbons (Fsp3) is 0.318. The van der Waals surface area contributed by atoms with E-state index >= 15 is 0 Å². The van der Waals surface area contributed by atoms with E-state index in [-0.39, 0.29) is 11.4 Å². The van der Waals surface area contributed by atoms with Gasteiger partial charge >= 0.3 is 0 Å². The van der Waals surface area contributed by atoms with E-state index in [0.717, 1.165) is 25.9 Å². The maximum atomic E-state index is 11.1. The molecule has 9 heteroatoms. The third kappa shape index (κ3) is 4.70. The molecule has 0 spiro atoms. The van der Waals surface area contributed by atoms with Crippen molar-refractivity contribution in [1.29, 1.82) is 0 Å². The first-order valence-electron chi connectivity index (χ1n) is 10.1. The minimum Gasteiger partial charge on any atom is -0.504 e. The molecule has 2 heterocycles. The average Bonchev–Trinajstić information content (AvgIpc) is 3.06. The van der Waals surface area contributed by atoms with Gasteiger partial charge in [-0.1, -0.05) is 46.9 Å². The minimum absolute atomic E-state index is 0.126. The van der Waals surface area contributed by atoms with Crippen molar-refractivity contribution in [3.05, 3.63) is 63.2 Å². The zero-order valence-corrected chi connectivity index (χ0v) is 19.3. The zero-order valence-electron chi connectivity index (χ0n) is 17.0. The number of aliphatic hydroxyl groups excluding tert-OH is 1. The fourth-order valence-electron chi connectivity index (χ4n) is 4.00. The molecule has 1 aromatic heterocycles. The van der Waals surface area contributed by atoms with E-state index < -0.39 is 6.23 Å². The molecule has 3 aromatic rings. The number of aliphatic hydroxyl groups is 1. The van der Waals surface area contributed by atoms with Crippen LogP contribution in [0.5, 0.6) is 5.75 Å². The van der Waals surface area contributed by atoms with Gasteiger partial charge in [0.2, 0.25) is 0 Å². The van der Waals surface area contributed by atoms with Gasteiger partial charge in [-0.3, -0.25) is 0 Å². The van der Waals surface area contributed by atoms with Gasteiger partial charge in [-0.05, 0) is 49.6 Å². The largest absolute Gasteiger partial charge is 0.504 e. The van der Waals surface area contributed by atoms with Crippen LogP contribution >= 0.6 is 34.8 Å². The third-order valence-electron chi connectivity index (χ3n) is 5.64. The number of likely N-dealkylation sites (tertiary alicyclic amines) is 1. The zero-order chi connectivity index (χ0) is 22.2. The summed E-state index contributed by atoms with van der Waals surface area (Å²) in [6, 6.07) is 12.0. The maximum Gasteiger partial charge on any atom is 0.198 e. The lowest BCUT2D eigenvalue weighted by molar-refractivity contribution is -0.962. The van der Waals surface area contributed by atoms with E-state index in [1.54, 1.807) is 42.5 Å². The number of benzene rings is 2. The van der Waals surface area contributed by atoms with E-state index in [1.807, 2.05) is 7.05 Å². The second-order valence-corrected chi connectivity index (χ2v) is 9.31. The molecule has 0 aliphatic carbocycles. The first-order valence-corrected chi connectivity index (χ1v) is 11.2. The van der Waals surface area contributed by atoms with Crippen molar-refractivity contribution in [2.24, 2.45) is 0 Å². The molecule has 31 heavy (non-hydrogen) atoms. The highest BCUT2D eigenvalue weighted by Crippen LogP contribution is 2.39. The molecular formula is C22H24Cl3N4O2+. The lowest BCUT2D eigenvalue weighted by atomic mass is 10.1. The second-order valence-electron chi connectivity index (χ2n) is 8.03. The molecule has 2 aromatic carbocycles. The summed E-state index contributed by atoms with van der Waals surface area (Å²) in [5.74, 6) is -0.128. The Bertz CT molecular complexity index is 1080. The molecule has 1 fully saturated rings. The summed E-state index contributed by atoms with van der Waals surface area (Å²) in [5, 5.41) is 28.1. The normalized spacial score (nSPS) is 16.9. The Balaban J connectivity index is 1.81. The summed E-state index contributed by atoms with van der Waals surface area (Å²) < 4.78 is 2.03. The van der Waals surface area contributed by atoms with Gasteiger partial charge in [0, 0.05) is 15.6 Å². The Labute approximate surface area is 196 Å². The summed E-state index contributed by atoms with van der Waals surface area (Å²) in [4.78, 5) is 0. The number of nitrogens with one attached hydrogen (secondary N) is 1. The van der Waals surface area contributed by atoms with Crippen molar-refractivity contribution in [2.45, 2.75) is 25.5 Å². The van der Waals surface area contributed by atoms with Crippen LogP contribution < -0.4 is 5.43 Å². The molecule has 1 saturated heterocycles. The first kappa shape index (κ1) is 22.4. The van der Waals surface area contributed by atoms with Gasteiger partial charge < -0.3 is 10.2 Å². The molecule has 1 aliphatic heterocycles. The van der Waals surface area contributed by atoms with Gasteiger partial charge in [0.05, 0.1) is 30.8 Å². The van der Waals surface area contributed by atoms with E-state index in [2.05, 4.69) is 10.5 Å². The summed E-state index contributed by atoms with van der Waals surface area (Å²) in [6.45, 7) is 1.79. The highest BCUT2D eigenvalue weighted by atomic mass is 35.5. The quantitative estimate of drug-likeness (QED) is 0.339. The molecular weight excluding hydrogens is 459 g/mol. The highest BCUT2D eigenvalue weighted by molar-refractivity contribution is 6.35. The number of hydrogen-bond acceptors (Lipinski definition) is 4. The molecule has 1 atom stereocenters. The average molecular weight is 483 g/mol. The van der Waals surface area contributed by atoms with Gasteiger partial charge in [-0.15, -0.1) is 5.43 Å². The molecule has 1 aliphatic rings. The predicted molar refractivity (Wildman–Crippen MR) is 124 cm³/mol. The summed E-state index contributed by atoms with van der Waals surface area (Å²) in [5.41, 5.74) is 4.95. The third-order valence-corrected chi connectivity index (χ3v) is 6.43. The van der Waals surface area contributed by atoms with Gasteiger partial charge in [-0.25, -0.2) is 9.27 Å². The maximum absolute atomic E-state index is 11.1. The monoisotopic (exact) mass is 481 g/mol. The van der Waals surface area contributed by atoms with Crippen LogP contribution in [-0.2, 0) is 0 Å². The van der Waals surface area contributed by atoms with Crippen LogP contribution in [0.4, 0.5) is 0 Å². The van der Waals surface area contributed by atoms with Crippen molar-refractivity contribution in [2.75, 3.05) is 20.1 Å². The van der Waals surface area contributed by atoms with Crippen LogP contribution in [0.3, 0.4) is 0 Å². The fourth-order valence-corrected chi connectivity index (χ4v) is 4.62. The van der Waals surface area contributed by atoms with Gasteiger partial charge in [0.1, 0.15) is 5.69 Å². The van der Waals surface area contributed by atoms with E-state index in [4.69, 9.17) is 34.8 Å². The number of rotatable bonds is 5. The number of halogens is 3. The lowest BCUT2D eigenvalue weighted by Crippen LogP contribution is -2.58. The van der Waals surface area contributed by atoms with Gasteiger partial charge in [0.25, 0.3) is 0 Å². The predicted octanol–water partition coefficient (Wildman–Crippen LogP) is 5.33. The van der Waals surface area contributed by atoms with Crippen molar-refractivity contribution >= 4 is 34.8 Å². The molecule has 1 unspecified atom stereocenters. The molecule has 0 radical (unpaired) electrons. The van der Waals surface area contributed by atoms with Crippen LogP contribution in [0.1, 0.15) is 31.2 Å². The SMILES string of the molecule is C[N+]1(NC(O)c2nn(-c3ccc(Cl)cc3Cl)c(-c3ccc(Cl)cc3)c2O)CCCCC1. The molecule has 6 nitrogen and oxygen atoms in total. The van der Waals surface area contributed by atoms with E-state index in [1.165, 1.54) is 11.1 Å². The number of nitrogens with zero attached hydrogens (tertiary/aromatic N) is 3. The van der Waals surface area contributed by atoms with Crippen molar-refractivity contribution in [1.82, 2.24) is 15.2 Å². The minimum atomic E-state index is -1.17. The number of piperidine rings is 1. The van der Waals surface area contributed by atoms with Crippen LogP contribution in [0.15, 0.2) is 42.5 Å². The Morgan fingerprint density at radius 2 is 1.65 bits per heavy atom. The second kappa shape index (κ2) is 8.98. The molecule has 4 rings (SSSR count). The van der Waals surface area contributed by atoms with Crippen LogP contribution in [0.2, 0.25) is 15.1 Å². The van der Waals surface area contributed by atoms with Gasteiger partial charge in [-0.2, -0.15) is 5.10 Å². The Kier molecular flexibility index (Phi) is 6.49. The van der Waals surface area contributed by atoms with E-state index in [9.17, 15) is 10.2 Å². The topological polar surface area (TPSA) is 70.3 Å². The molecule has 0 amide bonds. The number of hydrogen-bond donors (Lipinski definition) is 3. The Morgan fingerprint density at radius 1 is 1.00 bits per heavy atom. The molecule has 3 N–H and O–H groups in total. The molecule has 164 valence electrons. The summed E-state index contributed by atoms with van der Waals surface area (Å²) in [7, 11) is 2.03. The number of aromatic hydroxyl groups is 1. The number of aromatic nitrogens is 2. The lowest BCUT2D eigenvalue weighted by Gasteiger charge is -2.38.